The number of anilines is 1. The van der Waals surface area contributed by atoms with Crippen molar-refractivity contribution in [1.29, 1.82) is 0 Å². The average molecular weight is 319 g/mol. The number of hydrogen-bond acceptors (Lipinski definition) is 2. The van der Waals surface area contributed by atoms with E-state index in [2.05, 4.69) is 6.58 Å². The van der Waals surface area contributed by atoms with Crippen molar-refractivity contribution >= 4 is 23.5 Å². The van der Waals surface area contributed by atoms with Crippen LogP contribution >= 0.6 is 0 Å². The van der Waals surface area contributed by atoms with Gasteiger partial charge in [-0.15, -0.1) is 0 Å². The zero-order valence-corrected chi connectivity index (χ0v) is 11.9. The molecule has 0 aliphatic rings. The highest BCUT2D eigenvalue weighted by Gasteiger charge is 2.39. The third-order valence-electron chi connectivity index (χ3n) is 3.07. The van der Waals surface area contributed by atoms with E-state index in [4.69, 9.17) is 0 Å². The SMILES string of the molecule is C=Cc1ccc(NC(=O)C(F)(F)F)c(C(=O)c2ccccc2)c1. The van der Waals surface area contributed by atoms with Crippen LogP contribution < -0.4 is 5.32 Å². The van der Waals surface area contributed by atoms with Gasteiger partial charge in [-0.05, 0) is 17.7 Å². The van der Waals surface area contributed by atoms with Crippen LogP contribution in [0.25, 0.3) is 6.08 Å². The fraction of sp³-hybridized carbons (Fsp3) is 0.0588. The Morgan fingerprint density at radius 1 is 1.04 bits per heavy atom. The van der Waals surface area contributed by atoms with Crippen LogP contribution in [0, 0.1) is 0 Å². The maximum Gasteiger partial charge on any atom is 0.471 e. The molecule has 0 fully saturated rings. The van der Waals surface area contributed by atoms with Crippen LogP contribution in [-0.4, -0.2) is 17.9 Å². The highest BCUT2D eigenvalue weighted by molar-refractivity contribution is 6.14. The molecule has 2 aromatic carbocycles. The van der Waals surface area contributed by atoms with E-state index in [1.54, 1.807) is 23.5 Å². The largest absolute Gasteiger partial charge is 0.471 e. The van der Waals surface area contributed by atoms with Gasteiger partial charge >= 0.3 is 12.1 Å². The molecule has 0 bridgehead atoms. The normalized spacial score (nSPS) is 10.9. The minimum absolute atomic E-state index is 0.0359. The van der Waals surface area contributed by atoms with E-state index >= 15 is 0 Å². The highest BCUT2D eigenvalue weighted by Crippen LogP contribution is 2.24. The van der Waals surface area contributed by atoms with Crippen molar-refractivity contribution in [1.82, 2.24) is 0 Å². The van der Waals surface area contributed by atoms with Crippen molar-refractivity contribution in [2.75, 3.05) is 5.32 Å². The summed E-state index contributed by atoms with van der Waals surface area (Å²) in [6.45, 7) is 3.56. The predicted octanol–water partition coefficient (Wildman–Crippen LogP) is 4.06. The Morgan fingerprint density at radius 3 is 2.26 bits per heavy atom. The molecule has 0 spiro atoms. The number of benzene rings is 2. The number of carbonyl (C=O) groups is 2. The van der Waals surface area contributed by atoms with Crippen molar-refractivity contribution in [3.63, 3.8) is 0 Å². The third kappa shape index (κ3) is 3.85. The molecule has 0 radical (unpaired) electrons. The van der Waals surface area contributed by atoms with Crippen LogP contribution in [0.4, 0.5) is 18.9 Å². The van der Waals surface area contributed by atoms with Crippen LogP contribution in [0.1, 0.15) is 21.5 Å². The number of ketones is 1. The molecule has 0 saturated carbocycles. The lowest BCUT2D eigenvalue weighted by Gasteiger charge is -2.13. The van der Waals surface area contributed by atoms with Gasteiger partial charge in [0, 0.05) is 11.1 Å². The molecule has 0 atom stereocenters. The first-order valence-electron chi connectivity index (χ1n) is 6.57. The zero-order chi connectivity index (χ0) is 17.0. The van der Waals surface area contributed by atoms with Crippen LogP contribution in [0.2, 0.25) is 0 Å². The molecule has 0 aliphatic carbocycles. The lowest BCUT2D eigenvalue weighted by atomic mass is 9.99. The molecule has 23 heavy (non-hydrogen) atoms. The molecule has 6 heteroatoms. The minimum atomic E-state index is -5.04. The Hall–Kier alpha value is -2.89. The molecule has 2 rings (SSSR count). The number of carbonyl (C=O) groups excluding carboxylic acids is 2. The molecule has 1 N–H and O–H groups in total. The fourth-order valence-electron chi connectivity index (χ4n) is 1.92. The van der Waals surface area contributed by atoms with E-state index in [0.29, 0.717) is 11.1 Å². The molecule has 118 valence electrons. The van der Waals surface area contributed by atoms with E-state index in [-0.39, 0.29) is 11.3 Å². The van der Waals surface area contributed by atoms with Gasteiger partial charge in [0.15, 0.2) is 5.78 Å². The first kappa shape index (κ1) is 16.5. The number of amides is 1. The Kier molecular flexibility index (Phi) is 4.64. The van der Waals surface area contributed by atoms with Gasteiger partial charge in [0.25, 0.3) is 0 Å². The summed E-state index contributed by atoms with van der Waals surface area (Å²) < 4.78 is 37.3. The maximum absolute atomic E-state index is 12.5. The molecular formula is C17H12F3NO2. The molecule has 0 unspecified atom stereocenters. The van der Waals surface area contributed by atoms with Gasteiger partial charge < -0.3 is 5.32 Å². The standard InChI is InChI=1S/C17H12F3NO2/c1-2-11-8-9-14(21-16(23)17(18,19)20)13(10-11)15(22)12-6-4-3-5-7-12/h2-10H,1H2,(H,21,23). The van der Waals surface area contributed by atoms with E-state index in [1.165, 1.54) is 36.4 Å². The number of nitrogens with one attached hydrogen (secondary N) is 1. The Balaban J connectivity index is 2.46. The van der Waals surface area contributed by atoms with E-state index in [9.17, 15) is 22.8 Å². The maximum atomic E-state index is 12.5. The summed E-state index contributed by atoms with van der Waals surface area (Å²) in [4.78, 5) is 23.6. The molecule has 2 aromatic rings. The lowest BCUT2D eigenvalue weighted by molar-refractivity contribution is -0.167. The second-order valence-electron chi connectivity index (χ2n) is 4.66. The summed E-state index contributed by atoms with van der Waals surface area (Å²) >= 11 is 0. The van der Waals surface area contributed by atoms with Gasteiger partial charge in [0.1, 0.15) is 0 Å². The number of alkyl halides is 3. The summed E-state index contributed by atoms with van der Waals surface area (Å²) in [5.41, 5.74) is 0.614. The summed E-state index contributed by atoms with van der Waals surface area (Å²) in [7, 11) is 0. The van der Waals surface area contributed by atoms with Crippen LogP contribution in [0.5, 0.6) is 0 Å². The van der Waals surface area contributed by atoms with Crippen molar-refractivity contribution in [2.24, 2.45) is 0 Å². The second-order valence-corrected chi connectivity index (χ2v) is 4.66. The zero-order valence-electron chi connectivity index (χ0n) is 11.9. The Morgan fingerprint density at radius 2 is 1.70 bits per heavy atom. The summed E-state index contributed by atoms with van der Waals surface area (Å²) in [6.07, 6.45) is -3.58. The lowest BCUT2D eigenvalue weighted by Crippen LogP contribution is -2.30. The summed E-state index contributed by atoms with van der Waals surface area (Å²) in [5, 5.41) is 1.73. The monoisotopic (exact) mass is 319 g/mol. The Bertz CT molecular complexity index is 752. The molecule has 0 aliphatic heterocycles. The van der Waals surface area contributed by atoms with E-state index in [0.717, 1.165) is 0 Å². The second kappa shape index (κ2) is 6.48. The van der Waals surface area contributed by atoms with Crippen molar-refractivity contribution in [3.8, 4) is 0 Å². The molecule has 0 aromatic heterocycles. The van der Waals surface area contributed by atoms with Gasteiger partial charge in [0.2, 0.25) is 0 Å². The molecule has 1 amide bonds. The summed E-state index contributed by atoms with van der Waals surface area (Å²) in [5.74, 6) is -2.63. The van der Waals surface area contributed by atoms with Crippen LogP contribution in [-0.2, 0) is 4.79 Å². The number of halogens is 3. The van der Waals surface area contributed by atoms with E-state index < -0.39 is 17.9 Å². The third-order valence-corrected chi connectivity index (χ3v) is 3.07. The van der Waals surface area contributed by atoms with Gasteiger partial charge in [-0.2, -0.15) is 13.2 Å². The first-order chi connectivity index (χ1) is 10.8. The van der Waals surface area contributed by atoms with E-state index in [1.807, 2.05) is 0 Å². The van der Waals surface area contributed by atoms with Gasteiger partial charge in [-0.1, -0.05) is 49.1 Å². The molecule has 3 nitrogen and oxygen atoms in total. The number of rotatable bonds is 4. The van der Waals surface area contributed by atoms with Crippen molar-refractivity contribution in [2.45, 2.75) is 6.18 Å². The van der Waals surface area contributed by atoms with Gasteiger partial charge in [0.05, 0.1) is 5.69 Å². The quantitative estimate of drug-likeness (QED) is 0.864. The predicted molar refractivity (Wildman–Crippen MR) is 81.1 cm³/mol. The van der Waals surface area contributed by atoms with Crippen molar-refractivity contribution < 1.29 is 22.8 Å². The summed E-state index contributed by atoms with van der Waals surface area (Å²) in [6, 6.07) is 12.2. The highest BCUT2D eigenvalue weighted by atomic mass is 19.4. The first-order valence-corrected chi connectivity index (χ1v) is 6.57. The minimum Gasteiger partial charge on any atom is -0.318 e. The fourth-order valence-corrected chi connectivity index (χ4v) is 1.92. The molecule has 0 heterocycles. The van der Waals surface area contributed by atoms with Crippen LogP contribution in [0.15, 0.2) is 55.1 Å². The number of hydrogen-bond donors (Lipinski definition) is 1. The van der Waals surface area contributed by atoms with Crippen molar-refractivity contribution in [3.05, 3.63) is 71.8 Å². The average Bonchev–Trinajstić information content (AvgIpc) is 2.54. The Labute approximate surface area is 130 Å². The molecule has 0 saturated heterocycles. The molecular weight excluding hydrogens is 307 g/mol. The van der Waals surface area contributed by atoms with Gasteiger partial charge in [-0.3, -0.25) is 9.59 Å². The van der Waals surface area contributed by atoms with Gasteiger partial charge in [-0.25, -0.2) is 0 Å². The van der Waals surface area contributed by atoms with Crippen LogP contribution in [0.3, 0.4) is 0 Å². The topological polar surface area (TPSA) is 46.2 Å². The smallest absolute Gasteiger partial charge is 0.318 e.